The Bertz CT molecular complexity index is 668. The maximum atomic E-state index is 12.2. The van der Waals surface area contributed by atoms with E-state index in [0.29, 0.717) is 28.9 Å². The van der Waals surface area contributed by atoms with Crippen LogP contribution < -0.4 is 15.4 Å². The molecule has 0 radical (unpaired) electrons. The molecule has 1 aromatic carbocycles. The van der Waals surface area contributed by atoms with Crippen molar-refractivity contribution >= 4 is 23.3 Å². The third-order valence-corrected chi connectivity index (χ3v) is 4.30. The summed E-state index contributed by atoms with van der Waals surface area (Å²) in [5, 5.41) is 6.62. The van der Waals surface area contributed by atoms with Crippen LogP contribution >= 0.6 is 12.2 Å². The molecule has 1 atom stereocenters. The fourth-order valence-corrected chi connectivity index (χ4v) is 2.92. The number of methoxy groups -OCH3 is 1. The molecule has 2 N–H and O–H groups in total. The highest BCUT2D eigenvalue weighted by Gasteiger charge is 2.32. The monoisotopic (exact) mass is 332 g/mol. The van der Waals surface area contributed by atoms with Gasteiger partial charge in [0.1, 0.15) is 5.75 Å². The highest BCUT2D eigenvalue weighted by molar-refractivity contribution is 7.80. The fraction of sp³-hybridized carbons (Fsp3) is 0.412. The van der Waals surface area contributed by atoms with Gasteiger partial charge in [0.15, 0.2) is 5.11 Å². The van der Waals surface area contributed by atoms with Gasteiger partial charge in [0.05, 0.1) is 25.3 Å². The standard InChI is InChI=1S/C17H20N2O3S/c1-10-14(16(20)21-2)15(19-17(23)18-10)12-5-3-4-6-13(12)22-9-11-7-8-11/h3-6,11,15H,7-9H2,1-2H3,(H2,18,19,23). The Hall–Kier alpha value is -2.08. The van der Waals surface area contributed by atoms with Gasteiger partial charge in [0, 0.05) is 11.3 Å². The summed E-state index contributed by atoms with van der Waals surface area (Å²) in [7, 11) is 1.38. The lowest BCUT2D eigenvalue weighted by Gasteiger charge is -2.30. The van der Waals surface area contributed by atoms with E-state index in [-0.39, 0.29) is 12.0 Å². The van der Waals surface area contributed by atoms with Crippen LogP contribution in [0.2, 0.25) is 0 Å². The lowest BCUT2D eigenvalue weighted by Crippen LogP contribution is -2.45. The molecule has 1 heterocycles. The van der Waals surface area contributed by atoms with E-state index in [2.05, 4.69) is 10.6 Å². The minimum Gasteiger partial charge on any atom is -0.493 e. The van der Waals surface area contributed by atoms with Gasteiger partial charge < -0.3 is 20.1 Å². The normalized spacial score (nSPS) is 20.6. The summed E-state index contributed by atoms with van der Waals surface area (Å²) in [6.07, 6.45) is 2.45. The van der Waals surface area contributed by atoms with Crippen LogP contribution in [-0.2, 0) is 9.53 Å². The number of hydrogen-bond acceptors (Lipinski definition) is 4. The molecule has 0 amide bonds. The average molecular weight is 332 g/mol. The van der Waals surface area contributed by atoms with Gasteiger partial charge in [-0.1, -0.05) is 18.2 Å². The van der Waals surface area contributed by atoms with E-state index in [1.807, 2.05) is 31.2 Å². The van der Waals surface area contributed by atoms with E-state index in [0.717, 1.165) is 11.3 Å². The smallest absolute Gasteiger partial charge is 0.337 e. The van der Waals surface area contributed by atoms with Crippen molar-refractivity contribution in [2.75, 3.05) is 13.7 Å². The zero-order valence-corrected chi connectivity index (χ0v) is 14.0. The highest BCUT2D eigenvalue weighted by atomic mass is 32.1. The van der Waals surface area contributed by atoms with Crippen LogP contribution in [0, 0.1) is 5.92 Å². The summed E-state index contributed by atoms with van der Waals surface area (Å²) in [6.45, 7) is 2.53. The molecular formula is C17H20N2O3S. The summed E-state index contributed by atoms with van der Waals surface area (Å²) in [5.41, 5.74) is 2.10. The van der Waals surface area contributed by atoms with Gasteiger partial charge in [-0.2, -0.15) is 0 Å². The number of ether oxygens (including phenoxy) is 2. The predicted molar refractivity (Wildman–Crippen MR) is 91.0 cm³/mol. The summed E-state index contributed by atoms with van der Waals surface area (Å²) < 4.78 is 10.9. The van der Waals surface area contributed by atoms with Gasteiger partial charge in [0.25, 0.3) is 0 Å². The van der Waals surface area contributed by atoms with Crippen molar-refractivity contribution in [1.82, 2.24) is 10.6 Å². The largest absolute Gasteiger partial charge is 0.493 e. The molecule has 122 valence electrons. The first-order chi connectivity index (χ1) is 11.1. The first kappa shape index (κ1) is 15.8. The first-order valence-corrected chi connectivity index (χ1v) is 8.09. The second-order valence-corrected chi connectivity index (χ2v) is 6.26. The van der Waals surface area contributed by atoms with Crippen molar-refractivity contribution in [3.05, 3.63) is 41.1 Å². The number of thiocarbonyl (C=S) groups is 1. The molecular weight excluding hydrogens is 312 g/mol. The SMILES string of the molecule is COC(=O)C1=C(C)NC(=S)NC1c1ccccc1OCC1CC1. The van der Waals surface area contributed by atoms with E-state index in [1.165, 1.54) is 20.0 Å². The lowest BCUT2D eigenvalue weighted by molar-refractivity contribution is -0.136. The maximum Gasteiger partial charge on any atom is 0.337 e. The van der Waals surface area contributed by atoms with Crippen molar-refractivity contribution < 1.29 is 14.3 Å². The second-order valence-electron chi connectivity index (χ2n) is 5.85. The zero-order chi connectivity index (χ0) is 16.4. The molecule has 3 rings (SSSR count). The lowest BCUT2D eigenvalue weighted by atomic mass is 9.95. The fourth-order valence-electron chi connectivity index (χ4n) is 2.65. The highest BCUT2D eigenvalue weighted by Crippen LogP contribution is 2.35. The number of allylic oxidation sites excluding steroid dienone is 1. The molecule has 2 aliphatic rings. The number of esters is 1. The topological polar surface area (TPSA) is 59.6 Å². The molecule has 0 spiro atoms. The van der Waals surface area contributed by atoms with Crippen molar-refractivity contribution in [1.29, 1.82) is 0 Å². The van der Waals surface area contributed by atoms with Crippen molar-refractivity contribution in [2.24, 2.45) is 5.92 Å². The quantitative estimate of drug-likeness (QED) is 0.638. The maximum absolute atomic E-state index is 12.2. The van der Waals surface area contributed by atoms with Gasteiger partial charge in [-0.3, -0.25) is 0 Å². The van der Waals surface area contributed by atoms with Crippen LogP contribution in [0.3, 0.4) is 0 Å². The number of rotatable bonds is 5. The number of benzene rings is 1. The molecule has 1 aliphatic heterocycles. The Morgan fingerprint density at radius 1 is 1.35 bits per heavy atom. The summed E-state index contributed by atoms with van der Waals surface area (Å²) in [6, 6.07) is 7.35. The molecule has 1 saturated carbocycles. The molecule has 6 heteroatoms. The number of carbonyl (C=O) groups is 1. The molecule has 0 aromatic heterocycles. The average Bonchev–Trinajstić information content (AvgIpc) is 3.36. The summed E-state index contributed by atoms with van der Waals surface area (Å²) in [4.78, 5) is 12.2. The molecule has 1 aliphatic carbocycles. The minimum atomic E-state index is -0.383. The third-order valence-electron chi connectivity index (χ3n) is 4.08. The number of carbonyl (C=O) groups excluding carboxylic acids is 1. The Morgan fingerprint density at radius 2 is 2.09 bits per heavy atom. The van der Waals surface area contributed by atoms with Crippen LogP contribution in [0.5, 0.6) is 5.75 Å². The van der Waals surface area contributed by atoms with Gasteiger partial charge in [0.2, 0.25) is 0 Å². The van der Waals surface area contributed by atoms with E-state index in [4.69, 9.17) is 21.7 Å². The zero-order valence-electron chi connectivity index (χ0n) is 13.2. The first-order valence-electron chi connectivity index (χ1n) is 7.68. The number of hydrogen-bond donors (Lipinski definition) is 2. The van der Waals surface area contributed by atoms with Gasteiger partial charge in [-0.05, 0) is 44.0 Å². The van der Waals surface area contributed by atoms with E-state index in [1.54, 1.807) is 0 Å². The molecule has 5 nitrogen and oxygen atoms in total. The molecule has 1 fully saturated rings. The number of para-hydroxylation sites is 1. The van der Waals surface area contributed by atoms with Crippen molar-refractivity contribution in [3.63, 3.8) is 0 Å². The van der Waals surface area contributed by atoms with Crippen LogP contribution in [0.1, 0.15) is 31.4 Å². The van der Waals surface area contributed by atoms with Crippen LogP contribution in [0.4, 0.5) is 0 Å². The van der Waals surface area contributed by atoms with E-state index in [9.17, 15) is 4.79 Å². The minimum absolute atomic E-state index is 0.382. The van der Waals surface area contributed by atoms with Crippen LogP contribution in [0.25, 0.3) is 0 Å². The van der Waals surface area contributed by atoms with Gasteiger partial charge >= 0.3 is 5.97 Å². The molecule has 1 aromatic rings. The van der Waals surface area contributed by atoms with E-state index < -0.39 is 0 Å². The van der Waals surface area contributed by atoms with Crippen LogP contribution in [0.15, 0.2) is 35.5 Å². The molecule has 1 unspecified atom stereocenters. The van der Waals surface area contributed by atoms with Gasteiger partial charge in [-0.25, -0.2) is 4.79 Å². The van der Waals surface area contributed by atoms with Crippen molar-refractivity contribution in [2.45, 2.75) is 25.8 Å². The molecule has 0 bridgehead atoms. The third kappa shape index (κ3) is 3.47. The Balaban J connectivity index is 1.95. The summed E-state index contributed by atoms with van der Waals surface area (Å²) in [5.74, 6) is 1.05. The molecule has 0 saturated heterocycles. The van der Waals surface area contributed by atoms with Crippen LogP contribution in [-0.4, -0.2) is 24.8 Å². The Morgan fingerprint density at radius 3 is 2.78 bits per heavy atom. The Labute approximate surface area is 141 Å². The summed E-state index contributed by atoms with van der Waals surface area (Å²) >= 11 is 5.25. The molecule has 23 heavy (non-hydrogen) atoms. The van der Waals surface area contributed by atoms with E-state index >= 15 is 0 Å². The second kappa shape index (κ2) is 6.58. The van der Waals surface area contributed by atoms with Crippen molar-refractivity contribution in [3.8, 4) is 5.75 Å². The number of nitrogens with one attached hydrogen (secondary N) is 2. The van der Waals surface area contributed by atoms with Gasteiger partial charge in [-0.15, -0.1) is 0 Å². The predicted octanol–water partition coefficient (Wildman–Crippen LogP) is 2.44. The Kier molecular flexibility index (Phi) is 4.52.